The lowest BCUT2D eigenvalue weighted by Gasteiger charge is -2.08. The van der Waals surface area contributed by atoms with Gasteiger partial charge in [-0.05, 0) is 24.3 Å². The van der Waals surface area contributed by atoms with Crippen LogP contribution in [0.15, 0.2) is 36.4 Å². The zero-order valence-corrected chi connectivity index (χ0v) is 10.3. The molecule has 0 aliphatic heterocycles. The van der Waals surface area contributed by atoms with Crippen LogP contribution in [0.2, 0.25) is 0 Å². The summed E-state index contributed by atoms with van der Waals surface area (Å²) in [5.74, 6) is -3.55. The Morgan fingerprint density at radius 2 is 1.71 bits per heavy atom. The first-order valence-corrected chi connectivity index (χ1v) is 5.62. The van der Waals surface area contributed by atoms with Crippen molar-refractivity contribution in [3.05, 3.63) is 63.7 Å². The number of nitrogens with zero attached hydrogens (tertiary/aromatic N) is 1. The number of nitro groups is 1. The fourth-order valence-corrected chi connectivity index (χ4v) is 1.68. The third-order valence-electron chi connectivity index (χ3n) is 2.63. The van der Waals surface area contributed by atoms with Crippen LogP contribution in [0.5, 0.6) is 0 Å². The van der Waals surface area contributed by atoms with E-state index in [-0.39, 0.29) is 11.4 Å². The Bertz CT molecular complexity index is 734. The molecule has 21 heavy (non-hydrogen) atoms. The molecule has 0 spiro atoms. The highest BCUT2D eigenvalue weighted by Crippen LogP contribution is 2.25. The fourth-order valence-electron chi connectivity index (χ4n) is 1.68. The number of anilines is 2. The highest BCUT2D eigenvalue weighted by Gasteiger charge is 2.20. The molecule has 0 atom stereocenters. The molecule has 0 fully saturated rings. The van der Waals surface area contributed by atoms with Crippen molar-refractivity contribution in [1.29, 1.82) is 0 Å². The minimum atomic E-state index is -1.46. The Labute approximate surface area is 116 Å². The number of carbonyl (C=O) groups is 1. The van der Waals surface area contributed by atoms with Crippen molar-refractivity contribution in [2.24, 2.45) is 0 Å². The number of nitro benzene ring substituents is 1. The van der Waals surface area contributed by atoms with Gasteiger partial charge in [-0.1, -0.05) is 0 Å². The Balaban J connectivity index is 2.36. The summed E-state index contributed by atoms with van der Waals surface area (Å²) in [6.07, 6.45) is 0. The van der Waals surface area contributed by atoms with Gasteiger partial charge in [-0.3, -0.25) is 10.1 Å². The third kappa shape index (κ3) is 3.11. The Kier molecular flexibility index (Phi) is 3.79. The lowest BCUT2D eigenvalue weighted by molar-refractivity contribution is -0.385. The maximum atomic E-state index is 13.1. The highest BCUT2D eigenvalue weighted by molar-refractivity contribution is 5.93. The van der Waals surface area contributed by atoms with Crippen LogP contribution in [0.3, 0.4) is 0 Å². The number of carboxylic acid groups (broad SMARTS) is 1. The van der Waals surface area contributed by atoms with Crippen LogP contribution in [0.1, 0.15) is 10.4 Å². The second-order valence-electron chi connectivity index (χ2n) is 4.05. The Morgan fingerprint density at radius 1 is 1.10 bits per heavy atom. The van der Waals surface area contributed by atoms with Crippen LogP contribution in [-0.2, 0) is 0 Å². The summed E-state index contributed by atoms with van der Waals surface area (Å²) in [7, 11) is 0. The molecule has 2 rings (SSSR count). The van der Waals surface area contributed by atoms with E-state index in [1.807, 2.05) is 0 Å². The second-order valence-corrected chi connectivity index (χ2v) is 4.05. The first-order chi connectivity index (χ1) is 9.88. The first-order valence-electron chi connectivity index (χ1n) is 5.62. The molecule has 2 N–H and O–H groups in total. The van der Waals surface area contributed by atoms with Gasteiger partial charge in [-0.25, -0.2) is 13.6 Å². The average molecular weight is 294 g/mol. The number of hydrogen-bond donors (Lipinski definition) is 2. The minimum absolute atomic E-state index is 0.180. The summed E-state index contributed by atoms with van der Waals surface area (Å²) in [6, 6.07) is 6.37. The van der Waals surface area contributed by atoms with E-state index >= 15 is 0 Å². The number of carboxylic acids is 1. The quantitative estimate of drug-likeness (QED) is 0.666. The molecule has 0 aliphatic rings. The summed E-state index contributed by atoms with van der Waals surface area (Å²) in [4.78, 5) is 20.9. The van der Waals surface area contributed by atoms with Crippen LogP contribution in [0.25, 0.3) is 0 Å². The third-order valence-corrected chi connectivity index (χ3v) is 2.63. The molecule has 0 heterocycles. The number of benzene rings is 2. The van der Waals surface area contributed by atoms with Crippen LogP contribution in [-0.4, -0.2) is 16.0 Å². The molecular weight excluding hydrogens is 286 g/mol. The van der Waals surface area contributed by atoms with Gasteiger partial charge in [0.2, 0.25) is 0 Å². The lowest BCUT2D eigenvalue weighted by atomic mass is 10.1. The molecule has 0 aromatic heterocycles. The van der Waals surface area contributed by atoms with Gasteiger partial charge in [0, 0.05) is 23.5 Å². The molecule has 8 heteroatoms. The van der Waals surface area contributed by atoms with Gasteiger partial charge in [0.25, 0.3) is 5.69 Å². The standard InChI is InChI=1S/C13H8F2N2O4/c14-10-3-1-8(6-11(10)15)16-7-2-4-12(17(20)21)9(5-7)13(18)19/h1-6,16H,(H,18,19). The molecule has 108 valence electrons. The van der Waals surface area contributed by atoms with E-state index < -0.39 is 33.8 Å². The molecule has 0 bridgehead atoms. The molecule has 0 amide bonds. The molecule has 2 aromatic carbocycles. The van der Waals surface area contributed by atoms with Crippen molar-refractivity contribution in [3.8, 4) is 0 Å². The van der Waals surface area contributed by atoms with E-state index in [4.69, 9.17) is 5.11 Å². The molecule has 6 nitrogen and oxygen atoms in total. The summed E-state index contributed by atoms with van der Waals surface area (Å²) in [6.45, 7) is 0. The molecule has 2 aromatic rings. The SMILES string of the molecule is O=C(O)c1cc(Nc2ccc(F)c(F)c2)ccc1[N+](=O)[O-]. The molecule has 0 aliphatic carbocycles. The summed E-state index contributed by atoms with van der Waals surface area (Å²) in [5.41, 5.74) is -0.686. The van der Waals surface area contributed by atoms with Gasteiger partial charge in [-0.15, -0.1) is 0 Å². The molecule has 0 saturated heterocycles. The molecule has 0 saturated carbocycles. The van der Waals surface area contributed by atoms with E-state index in [0.29, 0.717) is 0 Å². The van der Waals surface area contributed by atoms with E-state index in [9.17, 15) is 23.7 Å². The predicted octanol–water partition coefficient (Wildman–Crippen LogP) is 3.31. The van der Waals surface area contributed by atoms with Crippen LogP contribution < -0.4 is 5.32 Å². The smallest absolute Gasteiger partial charge is 0.342 e. The molecule has 0 unspecified atom stereocenters. The van der Waals surface area contributed by atoms with E-state index in [1.54, 1.807) is 0 Å². The highest BCUT2D eigenvalue weighted by atomic mass is 19.2. The van der Waals surface area contributed by atoms with Crippen LogP contribution >= 0.6 is 0 Å². The normalized spacial score (nSPS) is 10.2. The monoisotopic (exact) mass is 294 g/mol. The first kappa shape index (κ1) is 14.4. The van der Waals surface area contributed by atoms with Crippen molar-refractivity contribution in [1.82, 2.24) is 0 Å². The summed E-state index contributed by atoms with van der Waals surface area (Å²) in [5, 5.41) is 22.3. The van der Waals surface area contributed by atoms with Crippen molar-refractivity contribution < 1.29 is 23.6 Å². The average Bonchev–Trinajstić information content (AvgIpc) is 2.42. The topological polar surface area (TPSA) is 92.5 Å². The van der Waals surface area contributed by atoms with E-state index in [2.05, 4.69) is 5.32 Å². The zero-order valence-electron chi connectivity index (χ0n) is 10.3. The van der Waals surface area contributed by atoms with Crippen molar-refractivity contribution in [2.75, 3.05) is 5.32 Å². The largest absolute Gasteiger partial charge is 0.477 e. The number of rotatable bonds is 4. The van der Waals surface area contributed by atoms with Gasteiger partial charge < -0.3 is 10.4 Å². The maximum Gasteiger partial charge on any atom is 0.342 e. The van der Waals surface area contributed by atoms with E-state index in [1.165, 1.54) is 12.1 Å². The van der Waals surface area contributed by atoms with Gasteiger partial charge in [-0.2, -0.15) is 0 Å². The second kappa shape index (κ2) is 5.53. The van der Waals surface area contributed by atoms with Crippen molar-refractivity contribution >= 4 is 23.0 Å². The number of halogens is 2. The minimum Gasteiger partial charge on any atom is -0.477 e. The van der Waals surface area contributed by atoms with Gasteiger partial charge in [0.15, 0.2) is 11.6 Å². The van der Waals surface area contributed by atoms with Gasteiger partial charge in [0.05, 0.1) is 4.92 Å². The van der Waals surface area contributed by atoms with Crippen molar-refractivity contribution in [3.63, 3.8) is 0 Å². The number of aromatic carboxylic acids is 1. The van der Waals surface area contributed by atoms with Gasteiger partial charge >= 0.3 is 5.97 Å². The van der Waals surface area contributed by atoms with Crippen LogP contribution in [0.4, 0.5) is 25.8 Å². The number of hydrogen-bond acceptors (Lipinski definition) is 4. The molecule has 0 radical (unpaired) electrons. The van der Waals surface area contributed by atoms with Crippen molar-refractivity contribution in [2.45, 2.75) is 0 Å². The summed E-state index contributed by atoms with van der Waals surface area (Å²) < 4.78 is 25.9. The maximum absolute atomic E-state index is 13.1. The molecular formula is C13H8F2N2O4. The zero-order chi connectivity index (χ0) is 15.6. The summed E-state index contributed by atoms with van der Waals surface area (Å²) >= 11 is 0. The Hall–Kier alpha value is -3.03. The predicted molar refractivity (Wildman–Crippen MR) is 69.7 cm³/mol. The Morgan fingerprint density at radius 3 is 2.29 bits per heavy atom. The van der Waals surface area contributed by atoms with Gasteiger partial charge in [0.1, 0.15) is 5.56 Å². The van der Waals surface area contributed by atoms with Crippen LogP contribution in [0, 0.1) is 21.7 Å². The lowest BCUT2D eigenvalue weighted by Crippen LogP contribution is -2.03. The fraction of sp³-hybridized carbons (Fsp3) is 0. The van der Waals surface area contributed by atoms with E-state index in [0.717, 1.165) is 24.3 Å². The number of nitrogens with one attached hydrogen (secondary N) is 1.